The van der Waals surface area contributed by atoms with Crippen LogP contribution in [0.3, 0.4) is 0 Å². The summed E-state index contributed by atoms with van der Waals surface area (Å²) in [7, 11) is 0. The van der Waals surface area contributed by atoms with Crippen molar-refractivity contribution in [1.82, 2.24) is 4.57 Å². The van der Waals surface area contributed by atoms with Crippen LogP contribution in [-0.4, -0.2) is 4.57 Å². The van der Waals surface area contributed by atoms with Crippen LogP contribution in [0.2, 0.25) is 0 Å². The maximum absolute atomic E-state index is 11.7. The summed E-state index contributed by atoms with van der Waals surface area (Å²) in [6.45, 7) is 6.04. The third kappa shape index (κ3) is 1.75. The van der Waals surface area contributed by atoms with Crippen molar-refractivity contribution < 1.29 is 0 Å². The second-order valence-corrected chi connectivity index (χ2v) is 4.59. The van der Waals surface area contributed by atoms with E-state index in [0.717, 1.165) is 16.9 Å². The smallest absolute Gasteiger partial charge is 0.272 e. The molecule has 1 aromatic carbocycles. The number of hydrogen-bond acceptors (Lipinski definition) is 2. The quantitative estimate of drug-likeness (QED) is 0.723. The third-order valence-corrected chi connectivity index (χ3v) is 3.30. The summed E-state index contributed by atoms with van der Waals surface area (Å²) < 4.78 is 1.76. The second kappa shape index (κ2) is 3.66. The molecule has 0 fully saturated rings. The van der Waals surface area contributed by atoms with Gasteiger partial charge < -0.3 is 0 Å². The van der Waals surface area contributed by atoms with E-state index in [0.29, 0.717) is 0 Å². The first-order chi connectivity index (χ1) is 7.09. The van der Waals surface area contributed by atoms with Gasteiger partial charge in [0.25, 0.3) is 0 Å². The van der Waals surface area contributed by atoms with Crippen molar-refractivity contribution >= 4 is 11.3 Å². The van der Waals surface area contributed by atoms with Crippen LogP contribution in [0, 0.1) is 20.8 Å². The van der Waals surface area contributed by atoms with Crippen LogP contribution >= 0.6 is 11.3 Å². The largest absolute Gasteiger partial charge is 0.311 e. The van der Waals surface area contributed by atoms with Gasteiger partial charge in [0.15, 0.2) is 0 Å². The molecule has 0 N–H and O–H groups in total. The minimum absolute atomic E-state index is 0.0828. The van der Waals surface area contributed by atoms with Gasteiger partial charge in [0.1, 0.15) is 0 Å². The van der Waals surface area contributed by atoms with E-state index >= 15 is 0 Å². The molecule has 0 aliphatic rings. The molecule has 0 bridgehead atoms. The van der Waals surface area contributed by atoms with Gasteiger partial charge in [-0.25, -0.2) is 0 Å². The van der Waals surface area contributed by atoms with Crippen LogP contribution in [0.4, 0.5) is 0 Å². The number of aryl methyl sites for hydroxylation is 3. The zero-order chi connectivity index (χ0) is 11.0. The Morgan fingerprint density at radius 2 is 1.93 bits per heavy atom. The van der Waals surface area contributed by atoms with Crippen molar-refractivity contribution in [2.75, 3.05) is 0 Å². The van der Waals surface area contributed by atoms with Crippen LogP contribution in [0.5, 0.6) is 0 Å². The molecule has 0 spiro atoms. The van der Waals surface area contributed by atoms with Gasteiger partial charge in [0, 0.05) is 11.1 Å². The van der Waals surface area contributed by atoms with E-state index < -0.39 is 0 Å². The Kier molecular flexibility index (Phi) is 2.49. The molecule has 0 radical (unpaired) electrons. The summed E-state index contributed by atoms with van der Waals surface area (Å²) in [5.74, 6) is 0. The molecule has 1 heterocycles. The van der Waals surface area contributed by atoms with Gasteiger partial charge in [0.2, 0.25) is 0 Å². The van der Waals surface area contributed by atoms with Crippen LogP contribution in [0.15, 0.2) is 28.4 Å². The van der Waals surface area contributed by atoms with Crippen LogP contribution < -0.4 is 4.87 Å². The average Bonchev–Trinajstić information content (AvgIpc) is 2.48. The van der Waals surface area contributed by atoms with Crippen molar-refractivity contribution in [2.24, 2.45) is 0 Å². The molecule has 78 valence electrons. The van der Waals surface area contributed by atoms with Crippen LogP contribution in [0.1, 0.15) is 16.8 Å². The fourth-order valence-electron chi connectivity index (χ4n) is 1.73. The van der Waals surface area contributed by atoms with Gasteiger partial charge in [-0.1, -0.05) is 29.0 Å². The number of thiazole rings is 1. The zero-order valence-corrected chi connectivity index (χ0v) is 9.89. The second-order valence-electron chi connectivity index (χ2n) is 3.77. The minimum Gasteiger partial charge on any atom is -0.272 e. The Morgan fingerprint density at radius 3 is 2.47 bits per heavy atom. The Hall–Kier alpha value is -1.35. The van der Waals surface area contributed by atoms with Crippen molar-refractivity contribution in [1.29, 1.82) is 0 Å². The molecular weight excluding hydrogens is 206 g/mol. The van der Waals surface area contributed by atoms with Crippen molar-refractivity contribution in [3.8, 4) is 5.69 Å². The first kappa shape index (κ1) is 10.2. The van der Waals surface area contributed by atoms with E-state index in [-0.39, 0.29) is 4.87 Å². The summed E-state index contributed by atoms with van der Waals surface area (Å²) in [6, 6.07) is 6.14. The standard InChI is InChI=1S/C12H13NOS/c1-8-4-5-11(9(2)6-8)13-10(3)7-15-12(13)14/h4-7H,1-3H3. The highest BCUT2D eigenvalue weighted by Crippen LogP contribution is 2.16. The maximum Gasteiger partial charge on any atom is 0.311 e. The molecule has 0 saturated carbocycles. The van der Waals surface area contributed by atoms with Gasteiger partial charge in [-0.3, -0.25) is 9.36 Å². The molecule has 3 heteroatoms. The summed E-state index contributed by atoms with van der Waals surface area (Å²) >= 11 is 1.25. The Morgan fingerprint density at radius 1 is 1.20 bits per heavy atom. The summed E-state index contributed by atoms with van der Waals surface area (Å²) in [5, 5.41) is 1.89. The highest BCUT2D eigenvalue weighted by molar-refractivity contribution is 7.07. The molecule has 0 saturated heterocycles. The lowest BCUT2D eigenvalue weighted by molar-refractivity contribution is 0.968. The van der Waals surface area contributed by atoms with Gasteiger partial charge in [-0.2, -0.15) is 0 Å². The van der Waals surface area contributed by atoms with Gasteiger partial charge in [-0.15, -0.1) is 0 Å². The predicted molar refractivity (Wildman–Crippen MR) is 64.1 cm³/mol. The fourth-order valence-corrected chi connectivity index (χ4v) is 2.45. The van der Waals surface area contributed by atoms with E-state index in [1.54, 1.807) is 4.57 Å². The fraction of sp³-hybridized carbons (Fsp3) is 0.250. The normalized spacial score (nSPS) is 10.6. The van der Waals surface area contributed by atoms with E-state index in [2.05, 4.69) is 13.0 Å². The molecular formula is C12H13NOS. The molecule has 0 aliphatic carbocycles. The topological polar surface area (TPSA) is 22.0 Å². The molecule has 2 aromatic rings. The predicted octanol–water partition coefficient (Wildman–Crippen LogP) is 2.82. The lowest BCUT2D eigenvalue weighted by atomic mass is 10.1. The van der Waals surface area contributed by atoms with Gasteiger partial charge >= 0.3 is 4.87 Å². The number of rotatable bonds is 1. The van der Waals surface area contributed by atoms with E-state index in [1.165, 1.54) is 16.9 Å². The molecule has 15 heavy (non-hydrogen) atoms. The molecule has 0 atom stereocenters. The van der Waals surface area contributed by atoms with Gasteiger partial charge in [-0.05, 0) is 32.4 Å². The van der Waals surface area contributed by atoms with E-state index in [4.69, 9.17) is 0 Å². The van der Waals surface area contributed by atoms with Crippen LogP contribution in [-0.2, 0) is 0 Å². The highest BCUT2D eigenvalue weighted by atomic mass is 32.1. The first-order valence-corrected chi connectivity index (χ1v) is 5.72. The highest BCUT2D eigenvalue weighted by Gasteiger charge is 2.07. The van der Waals surface area contributed by atoms with Crippen molar-refractivity contribution in [2.45, 2.75) is 20.8 Å². The SMILES string of the molecule is Cc1ccc(-n2c(C)csc2=O)c(C)c1. The summed E-state index contributed by atoms with van der Waals surface area (Å²) in [5.41, 5.74) is 4.34. The number of nitrogens with zero attached hydrogens (tertiary/aromatic N) is 1. The minimum atomic E-state index is 0.0828. The molecule has 0 unspecified atom stereocenters. The lowest BCUT2D eigenvalue weighted by Gasteiger charge is -2.08. The van der Waals surface area contributed by atoms with E-state index in [1.807, 2.05) is 31.4 Å². The van der Waals surface area contributed by atoms with Crippen molar-refractivity contribution in [3.05, 3.63) is 50.1 Å². The van der Waals surface area contributed by atoms with Gasteiger partial charge in [0.05, 0.1) is 5.69 Å². The van der Waals surface area contributed by atoms with Crippen LogP contribution in [0.25, 0.3) is 5.69 Å². The number of benzene rings is 1. The summed E-state index contributed by atoms with van der Waals surface area (Å²) in [4.78, 5) is 11.7. The van der Waals surface area contributed by atoms with E-state index in [9.17, 15) is 4.79 Å². The number of hydrogen-bond donors (Lipinski definition) is 0. The van der Waals surface area contributed by atoms with Crippen molar-refractivity contribution in [3.63, 3.8) is 0 Å². The Balaban J connectivity index is 2.69. The molecule has 2 nitrogen and oxygen atoms in total. The summed E-state index contributed by atoms with van der Waals surface area (Å²) in [6.07, 6.45) is 0. The lowest BCUT2D eigenvalue weighted by Crippen LogP contribution is -2.13. The zero-order valence-electron chi connectivity index (χ0n) is 9.07. The molecule has 0 amide bonds. The number of aromatic nitrogens is 1. The molecule has 1 aromatic heterocycles. The first-order valence-electron chi connectivity index (χ1n) is 4.84. The Labute approximate surface area is 92.8 Å². The average molecular weight is 219 g/mol. The maximum atomic E-state index is 11.7. The monoisotopic (exact) mass is 219 g/mol. The third-order valence-electron chi connectivity index (χ3n) is 2.46. The molecule has 0 aliphatic heterocycles. The Bertz CT molecular complexity index is 551. The molecule has 2 rings (SSSR count).